The number of carbonyl (C=O) groups excluding carboxylic acids is 3. The van der Waals surface area contributed by atoms with Crippen molar-refractivity contribution >= 4 is 63.0 Å². The maximum absolute atomic E-state index is 13.1. The monoisotopic (exact) mass is 588 g/mol. The van der Waals surface area contributed by atoms with Crippen LogP contribution in [0.15, 0.2) is 90.5 Å². The molecule has 0 bridgehead atoms. The molecule has 7 heteroatoms. The topological polar surface area (TPSA) is 75.7 Å². The predicted molar refractivity (Wildman–Crippen MR) is 148 cm³/mol. The van der Waals surface area contributed by atoms with E-state index in [4.69, 9.17) is 4.74 Å². The van der Waals surface area contributed by atoms with Gasteiger partial charge in [-0.2, -0.15) is 0 Å². The van der Waals surface area contributed by atoms with E-state index in [0.29, 0.717) is 23.6 Å². The average molecular weight is 588 g/mol. The van der Waals surface area contributed by atoms with E-state index in [1.807, 2.05) is 43.3 Å². The summed E-state index contributed by atoms with van der Waals surface area (Å²) < 4.78 is 6.92. The molecule has 5 rings (SSSR count). The lowest BCUT2D eigenvalue weighted by Crippen LogP contribution is -2.54. The molecule has 0 radical (unpaired) electrons. The zero-order valence-electron chi connectivity index (χ0n) is 19.3. The molecule has 0 spiro atoms. The molecule has 0 atom stereocenters. The molecular weight excluding hydrogens is 567 g/mol. The Bertz CT molecular complexity index is 1540. The number of anilines is 1. The van der Waals surface area contributed by atoms with Gasteiger partial charge < -0.3 is 4.74 Å². The maximum atomic E-state index is 13.1. The lowest BCUT2D eigenvalue weighted by Gasteiger charge is -2.26. The highest BCUT2D eigenvalue weighted by atomic mass is 127. The molecule has 36 heavy (non-hydrogen) atoms. The summed E-state index contributed by atoms with van der Waals surface area (Å²) in [5.41, 5.74) is 3.01. The van der Waals surface area contributed by atoms with E-state index in [-0.39, 0.29) is 5.57 Å². The molecule has 1 fully saturated rings. The van der Waals surface area contributed by atoms with Crippen LogP contribution in [0.5, 0.6) is 5.75 Å². The van der Waals surface area contributed by atoms with Crippen LogP contribution >= 0.6 is 22.6 Å². The minimum absolute atomic E-state index is 0.115. The number of hydrogen-bond acceptors (Lipinski definition) is 4. The van der Waals surface area contributed by atoms with Crippen molar-refractivity contribution in [1.29, 1.82) is 0 Å². The molecule has 1 heterocycles. The molecule has 1 aliphatic rings. The predicted octanol–water partition coefficient (Wildman–Crippen LogP) is 6.00. The Hall–Kier alpha value is -3.98. The highest BCUT2D eigenvalue weighted by molar-refractivity contribution is 14.1. The largest absolute Gasteiger partial charge is 0.488 e. The number of barbiturate groups is 1. The van der Waals surface area contributed by atoms with E-state index in [1.165, 1.54) is 6.08 Å². The minimum Gasteiger partial charge on any atom is -0.488 e. The van der Waals surface area contributed by atoms with Gasteiger partial charge in [0.05, 0.1) is 9.26 Å². The third-order valence-corrected chi connectivity index (χ3v) is 6.77. The van der Waals surface area contributed by atoms with Gasteiger partial charge in [-0.1, -0.05) is 66.2 Å². The van der Waals surface area contributed by atoms with E-state index in [1.54, 1.807) is 30.3 Å². The zero-order valence-corrected chi connectivity index (χ0v) is 21.5. The molecule has 4 amide bonds. The van der Waals surface area contributed by atoms with Gasteiger partial charge in [-0.15, -0.1) is 0 Å². The Morgan fingerprint density at radius 3 is 2.44 bits per heavy atom. The van der Waals surface area contributed by atoms with Crippen LogP contribution in [0.25, 0.3) is 16.8 Å². The van der Waals surface area contributed by atoms with Crippen LogP contribution in [0.3, 0.4) is 0 Å². The third-order valence-electron chi connectivity index (χ3n) is 5.92. The number of aryl methyl sites for hydroxylation is 1. The van der Waals surface area contributed by atoms with E-state index >= 15 is 0 Å². The molecular formula is C29H21IN2O4. The molecule has 1 aliphatic heterocycles. The van der Waals surface area contributed by atoms with Gasteiger partial charge in [0, 0.05) is 0 Å². The van der Waals surface area contributed by atoms with Gasteiger partial charge in [-0.05, 0) is 81.8 Å². The molecule has 4 aromatic carbocycles. The minimum atomic E-state index is -0.766. The van der Waals surface area contributed by atoms with Crippen molar-refractivity contribution in [2.45, 2.75) is 13.5 Å². The van der Waals surface area contributed by atoms with Crippen LogP contribution in [0.4, 0.5) is 10.5 Å². The highest BCUT2D eigenvalue weighted by Crippen LogP contribution is 2.27. The van der Waals surface area contributed by atoms with Crippen molar-refractivity contribution in [3.8, 4) is 5.75 Å². The summed E-state index contributed by atoms with van der Waals surface area (Å²) in [6.07, 6.45) is 1.49. The summed E-state index contributed by atoms with van der Waals surface area (Å²) in [4.78, 5) is 39.0. The van der Waals surface area contributed by atoms with Gasteiger partial charge in [0.2, 0.25) is 0 Å². The maximum Gasteiger partial charge on any atom is 0.335 e. The van der Waals surface area contributed by atoms with Crippen molar-refractivity contribution < 1.29 is 19.1 Å². The van der Waals surface area contributed by atoms with E-state index in [9.17, 15) is 14.4 Å². The summed E-state index contributed by atoms with van der Waals surface area (Å²) in [5.74, 6) is -0.694. The Kier molecular flexibility index (Phi) is 6.56. The van der Waals surface area contributed by atoms with Crippen LogP contribution < -0.4 is 15.0 Å². The van der Waals surface area contributed by atoms with Crippen LogP contribution in [0.1, 0.15) is 16.7 Å². The van der Waals surface area contributed by atoms with Gasteiger partial charge in [0.15, 0.2) is 0 Å². The van der Waals surface area contributed by atoms with Crippen LogP contribution in [0, 0.1) is 10.5 Å². The quantitative estimate of drug-likeness (QED) is 0.176. The van der Waals surface area contributed by atoms with Crippen molar-refractivity contribution in [3.05, 3.63) is 111 Å². The zero-order chi connectivity index (χ0) is 25.2. The average Bonchev–Trinajstić information content (AvgIpc) is 2.87. The summed E-state index contributed by atoms with van der Waals surface area (Å²) in [6.45, 7) is 2.32. The summed E-state index contributed by atoms with van der Waals surface area (Å²) in [5, 5.41) is 4.56. The molecule has 178 valence electrons. The number of urea groups is 1. The number of benzene rings is 4. The SMILES string of the molecule is Cc1ccc(N2C(=O)NC(=O)/C(=C\c3ccc(OCc4cccc5ccccc45)c(I)c3)C2=O)cc1. The van der Waals surface area contributed by atoms with Crippen molar-refractivity contribution in [1.82, 2.24) is 5.32 Å². The van der Waals surface area contributed by atoms with Crippen molar-refractivity contribution in [3.63, 3.8) is 0 Å². The Morgan fingerprint density at radius 2 is 1.67 bits per heavy atom. The first-order valence-corrected chi connectivity index (χ1v) is 12.4. The normalized spacial score (nSPS) is 14.9. The Balaban J connectivity index is 1.37. The number of nitrogens with zero attached hydrogens (tertiary/aromatic N) is 1. The Labute approximate surface area is 221 Å². The first-order chi connectivity index (χ1) is 17.4. The molecule has 0 aliphatic carbocycles. The summed E-state index contributed by atoms with van der Waals surface area (Å²) in [7, 11) is 0. The van der Waals surface area contributed by atoms with Crippen LogP contribution in [-0.2, 0) is 16.2 Å². The number of hydrogen-bond donors (Lipinski definition) is 1. The van der Waals surface area contributed by atoms with Crippen molar-refractivity contribution in [2.24, 2.45) is 0 Å². The lowest BCUT2D eigenvalue weighted by molar-refractivity contribution is -0.122. The van der Waals surface area contributed by atoms with Gasteiger partial charge in [-0.25, -0.2) is 9.69 Å². The van der Waals surface area contributed by atoms with Crippen LogP contribution in [0.2, 0.25) is 0 Å². The molecule has 0 saturated carbocycles. The number of halogens is 1. The number of rotatable bonds is 5. The molecule has 4 aromatic rings. The second-order valence-corrected chi connectivity index (χ2v) is 9.57. The standard InChI is InChI=1S/C29H21IN2O4/c1-18-9-12-22(13-10-18)32-28(34)24(27(33)31-29(32)35)15-19-11-14-26(25(30)16-19)36-17-21-7-4-6-20-5-2-3-8-23(20)21/h2-16H,17H2,1H3,(H,31,33,35)/b24-15+. The first kappa shape index (κ1) is 23.7. The lowest BCUT2D eigenvalue weighted by atomic mass is 10.1. The number of fused-ring (bicyclic) bond motifs is 1. The highest BCUT2D eigenvalue weighted by Gasteiger charge is 2.36. The van der Waals surface area contributed by atoms with Gasteiger partial charge in [0.25, 0.3) is 11.8 Å². The second kappa shape index (κ2) is 9.94. The number of imide groups is 2. The number of carbonyl (C=O) groups is 3. The first-order valence-electron chi connectivity index (χ1n) is 11.3. The van der Waals surface area contributed by atoms with Crippen LogP contribution in [-0.4, -0.2) is 17.8 Å². The van der Waals surface area contributed by atoms with E-state index in [2.05, 4.69) is 46.1 Å². The molecule has 0 unspecified atom stereocenters. The van der Waals surface area contributed by atoms with Gasteiger partial charge >= 0.3 is 6.03 Å². The van der Waals surface area contributed by atoms with E-state index < -0.39 is 17.8 Å². The van der Waals surface area contributed by atoms with E-state index in [0.717, 1.165) is 30.4 Å². The summed E-state index contributed by atoms with van der Waals surface area (Å²) in [6, 6.07) is 25.9. The molecule has 1 N–H and O–H groups in total. The second-order valence-electron chi connectivity index (χ2n) is 8.41. The molecule has 6 nitrogen and oxygen atoms in total. The number of ether oxygens (including phenoxy) is 1. The van der Waals surface area contributed by atoms with Crippen molar-refractivity contribution in [2.75, 3.05) is 4.90 Å². The number of amides is 4. The smallest absolute Gasteiger partial charge is 0.335 e. The molecule has 1 saturated heterocycles. The fraction of sp³-hybridized carbons (Fsp3) is 0.0690. The van der Waals surface area contributed by atoms with Gasteiger partial charge in [0.1, 0.15) is 17.9 Å². The number of nitrogens with one attached hydrogen (secondary N) is 1. The Morgan fingerprint density at radius 1 is 0.917 bits per heavy atom. The fourth-order valence-corrected chi connectivity index (χ4v) is 4.75. The fourth-order valence-electron chi connectivity index (χ4n) is 4.05. The summed E-state index contributed by atoms with van der Waals surface area (Å²) >= 11 is 2.17. The molecule has 0 aromatic heterocycles. The van der Waals surface area contributed by atoms with Gasteiger partial charge in [-0.3, -0.25) is 14.9 Å². The third kappa shape index (κ3) is 4.74.